The third kappa shape index (κ3) is 3.43. The zero-order chi connectivity index (χ0) is 15.5. The Morgan fingerprint density at radius 3 is 2.19 bits per heavy atom. The van der Waals surface area contributed by atoms with Gasteiger partial charge in [0.05, 0.1) is 5.69 Å². The molecule has 5 heteroatoms. The standard InChI is InChI=1S/C16H20N2O2S/c1-12-7-6-8-13(2)14(12)11-18-15-9-4-5-10-16(15)21(19,20)17-3/h4-10,17-18H,11H2,1-3H3. The van der Waals surface area contributed by atoms with Gasteiger partial charge in [0.1, 0.15) is 4.90 Å². The Kier molecular flexibility index (Phi) is 4.65. The molecule has 112 valence electrons. The molecule has 0 unspecified atom stereocenters. The minimum absolute atomic E-state index is 0.263. The van der Waals surface area contributed by atoms with Crippen molar-refractivity contribution < 1.29 is 8.42 Å². The maximum Gasteiger partial charge on any atom is 0.242 e. The molecule has 0 aliphatic carbocycles. The molecular weight excluding hydrogens is 284 g/mol. The van der Waals surface area contributed by atoms with Gasteiger partial charge in [0.25, 0.3) is 0 Å². The smallest absolute Gasteiger partial charge is 0.242 e. The van der Waals surface area contributed by atoms with E-state index in [2.05, 4.69) is 36.0 Å². The summed E-state index contributed by atoms with van der Waals surface area (Å²) >= 11 is 0. The molecule has 4 nitrogen and oxygen atoms in total. The molecular formula is C16H20N2O2S. The molecule has 0 amide bonds. The largest absolute Gasteiger partial charge is 0.380 e. The topological polar surface area (TPSA) is 58.2 Å². The third-order valence-electron chi connectivity index (χ3n) is 3.55. The number of para-hydroxylation sites is 1. The maximum atomic E-state index is 12.0. The van der Waals surface area contributed by atoms with Crippen LogP contribution in [0.4, 0.5) is 5.69 Å². The van der Waals surface area contributed by atoms with Crippen LogP contribution in [0.25, 0.3) is 0 Å². The molecule has 21 heavy (non-hydrogen) atoms. The van der Waals surface area contributed by atoms with Gasteiger partial charge in [-0.2, -0.15) is 0 Å². The van der Waals surface area contributed by atoms with Crippen molar-refractivity contribution in [3.05, 3.63) is 59.2 Å². The van der Waals surface area contributed by atoms with E-state index in [1.54, 1.807) is 18.2 Å². The molecule has 0 aliphatic rings. The minimum Gasteiger partial charge on any atom is -0.380 e. The number of hydrogen-bond acceptors (Lipinski definition) is 3. The van der Waals surface area contributed by atoms with Crippen LogP contribution in [0.2, 0.25) is 0 Å². The first-order chi connectivity index (χ1) is 9.95. The van der Waals surface area contributed by atoms with Crippen molar-refractivity contribution in [1.29, 1.82) is 0 Å². The fraction of sp³-hybridized carbons (Fsp3) is 0.250. The van der Waals surface area contributed by atoms with Gasteiger partial charge in [-0.05, 0) is 49.7 Å². The zero-order valence-corrected chi connectivity index (χ0v) is 13.3. The first kappa shape index (κ1) is 15.5. The average Bonchev–Trinajstić information content (AvgIpc) is 2.47. The summed E-state index contributed by atoms with van der Waals surface area (Å²) in [5.74, 6) is 0. The van der Waals surface area contributed by atoms with Crippen LogP contribution in [0.1, 0.15) is 16.7 Å². The van der Waals surface area contributed by atoms with Gasteiger partial charge >= 0.3 is 0 Å². The molecule has 0 aromatic heterocycles. The van der Waals surface area contributed by atoms with Crippen molar-refractivity contribution in [2.24, 2.45) is 0 Å². The van der Waals surface area contributed by atoms with E-state index in [0.29, 0.717) is 12.2 Å². The highest BCUT2D eigenvalue weighted by Gasteiger charge is 2.15. The molecule has 2 rings (SSSR count). The van der Waals surface area contributed by atoms with Crippen molar-refractivity contribution in [2.75, 3.05) is 12.4 Å². The van der Waals surface area contributed by atoms with E-state index in [1.165, 1.54) is 23.7 Å². The maximum absolute atomic E-state index is 12.0. The number of rotatable bonds is 5. The van der Waals surface area contributed by atoms with E-state index >= 15 is 0 Å². The van der Waals surface area contributed by atoms with Crippen molar-refractivity contribution in [3.63, 3.8) is 0 Å². The SMILES string of the molecule is CNS(=O)(=O)c1ccccc1NCc1c(C)cccc1C. The molecule has 0 atom stereocenters. The Labute approximate surface area is 126 Å². The van der Waals surface area contributed by atoms with Crippen LogP contribution < -0.4 is 10.0 Å². The molecule has 2 N–H and O–H groups in total. The number of anilines is 1. The summed E-state index contributed by atoms with van der Waals surface area (Å²) in [4.78, 5) is 0.263. The number of hydrogen-bond donors (Lipinski definition) is 2. The Hall–Kier alpha value is -1.85. The van der Waals surface area contributed by atoms with Gasteiger partial charge in [0.15, 0.2) is 0 Å². The molecule has 0 radical (unpaired) electrons. The lowest BCUT2D eigenvalue weighted by molar-refractivity contribution is 0.588. The summed E-state index contributed by atoms with van der Waals surface area (Å²) in [6, 6.07) is 13.0. The van der Waals surface area contributed by atoms with E-state index < -0.39 is 10.0 Å². The van der Waals surface area contributed by atoms with E-state index in [1.807, 2.05) is 12.1 Å². The Bertz CT molecular complexity index is 719. The van der Waals surface area contributed by atoms with Crippen LogP contribution >= 0.6 is 0 Å². The summed E-state index contributed by atoms with van der Waals surface area (Å²) in [5.41, 5.74) is 4.18. The van der Waals surface area contributed by atoms with Gasteiger partial charge < -0.3 is 5.32 Å². The van der Waals surface area contributed by atoms with Crippen LogP contribution in [0.3, 0.4) is 0 Å². The minimum atomic E-state index is -3.47. The van der Waals surface area contributed by atoms with Crippen LogP contribution in [0.15, 0.2) is 47.4 Å². The summed E-state index contributed by atoms with van der Waals surface area (Å²) in [7, 11) is -2.05. The molecule has 0 spiro atoms. The van der Waals surface area contributed by atoms with E-state index in [0.717, 1.165) is 0 Å². The highest BCUT2D eigenvalue weighted by molar-refractivity contribution is 7.89. The molecule has 0 bridgehead atoms. The van der Waals surface area contributed by atoms with Crippen LogP contribution in [0, 0.1) is 13.8 Å². The normalized spacial score (nSPS) is 11.4. The molecule has 0 saturated heterocycles. The summed E-state index contributed by atoms with van der Waals surface area (Å²) in [6.45, 7) is 4.70. The van der Waals surface area contributed by atoms with Crippen molar-refractivity contribution in [3.8, 4) is 0 Å². The first-order valence-corrected chi connectivity index (χ1v) is 8.25. The molecule has 0 aliphatic heterocycles. The van der Waals surface area contributed by atoms with Gasteiger partial charge in [-0.25, -0.2) is 13.1 Å². The number of sulfonamides is 1. The summed E-state index contributed by atoms with van der Waals surface area (Å²) in [6.07, 6.45) is 0. The van der Waals surface area contributed by atoms with Gasteiger partial charge in [-0.15, -0.1) is 0 Å². The number of nitrogens with one attached hydrogen (secondary N) is 2. The van der Waals surface area contributed by atoms with Crippen LogP contribution in [0.5, 0.6) is 0 Å². The molecule has 0 heterocycles. The number of benzene rings is 2. The fourth-order valence-corrected chi connectivity index (χ4v) is 3.18. The molecule has 2 aromatic rings. The lowest BCUT2D eigenvalue weighted by Gasteiger charge is -2.14. The van der Waals surface area contributed by atoms with Gasteiger partial charge in [0, 0.05) is 6.54 Å². The van der Waals surface area contributed by atoms with Gasteiger partial charge in [-0.3, -0.25) is 0 Å². The Balaban J connectivity index is 2.30. The predicted octanol–water partition coefficient (Wildman–Crippen LogP) is 2.82. The van der Waals surface area contributed by atoms with Crippen molar-refractivity contribution >= 4 is 15.7 Å². The average molecular weight is 304 g/mol. The fourth-order valence-electron chi connectivity index (χ4n) is 2.27. The van der Waals surface area contributed by atoms with Crippen molar-refractivity contribution in [2.45, 2.75) is 25.3 Å². The van der Waals surface area contributed by atoms with Gasteiger partial charge in [-0.1, -0.05) is 30.3 Å². The third-order valence-corrected chi connectivity index (χ3v) is 5.02. The Morgan fingerprint density at radius 2 is 1.57 bits per heavy atom. The summed E-state index contributed by atoms with van der Waals surface area (Å²) in [5, 5.41) is 3.23. The van der Waals surface area contributed by atoms with E-state index in [4.69, 9.17) is 0 Å². The lowest BCUT2D eigenvalue weighted by atomic mass is 10.0. The van der Waals surface area contributed by atoms with Crippen LogP contribution in [-0.2, 0) is 16.6 Å². The highest BCUT2D eigenvalue weighted by atomic mass is 32.2. The Morgan fingerprint density at radius 1 is 0.952 bits per heavy atom. The van der Waals surface area contributed by atoms with Gasteiger partial charge in [0.2, 0.25) is 10.0 Å². The molecule has 0 fully saturated rings. The van der Waals surface area contributed by atoms with Crippen molar-refractivity contribution in [1.82, 2.24) is 4.72 Å². The molecule has 2 aromatic carbocycles. The summed E-state index contributed by atoms with van der Waals surface area (Å²) < 4.78 is 26.4. The number of aryl methyl sites for hydroxylation is 2. The first-order valence-electron chi connectivity index (χ1n) is 6.77. The second-order valence-corrected chi connectivity index (χ2v) is 6.78. The quantitative estimate of drug-likeness (QED) is 0.893. The van der Waals surface area contributed by atoms with Crippen LogP contribution in [-0.4, -0.2) is 15.5 Å². The van der Waals surface area contributed by atoms with E-state index in [9.17, 15) is 8.42 Å². The lowest BCUT2D eigenvalue weighted by Crippen LogP contribution is -2.20. The predicted molar refractivity (Wildman–Crippen MR) is 85.9 cm³/mol. The van der Waals surface area contributed by atoms with E-state index in [-0.39, 0.29) is 4.90 Å². The molecule has 0 saturated carbocycles. The monoisotopic (exact) mass is 304 g/mol. The zero-order valence-electron chi connectivity index (χ0n) is 12.5. The highest BCUT2D eigenvalue weighted by Crippen LogP contribution is 2.22. The second-order valence-electron chi connectivity index (χ2n) is 4.93. The second kappa shape index (κ2) is 6.28.